The topological polar surface area (TPSA) is 86.3 Å². The molecule has 130 valence electrons. The zero-order valence-electron chi connectivity index (χ0n) is 14.3. The Morgan fingerprint density at radius 3 is 3.04 bits per heavy atom. The van der Waals surface area contributed by atoms with Crippen molar-refractivity contribution in [3.05, 3.63) is 29.7 Å². The number of morpholine rings is 1. The highest BCUT2D eigenvalue weighted by Gasteiger charge is 2.31. The van der Waals surface area contributed by atoms with Crippen LogP contribution in [0.2, 0.25) is 0 Å². The van der Waals surface area contributed by atoms with Crippen LogP contribution in [0.3, 0.4) is 0 Å². The Hall–Kier alpha value is -2.22. The van der Waals surface area contributed by atoms with E-state index in [1.807, 2.05) is 11.5 Å². The SMILES string of the molecule is CC[C@H](C)c1cc(C(=O)N2CCO[C@@H](c3nncn3CC)C2)on1. The van der Waals surface area contributed by atoms with Gasteiger partial charge in [-0.15, -0.1) is 10.2 Å². The minimum Gasteiger partial charge on any atom is -0.366 e. The van der Waals surface area contributed by atoms with Crippen LogP contribution in [0.4, 0.5) is 0 Å². The summed E-state index contributed by atoms with van der Waals surface area (Å²) in [6, 6.07) is 1.75. The van der Waals surface area contributed by atoms with E-state index in [0.717, 1.165) is 24.5 Å². The standard InChI is InChI=1S/C16H23N5O3/c1-4-11(3)12-8-13(24-19-12)16(22)21-6-7-23-14(9-21)15-18-17-10-20(15)5-2/h8,10-11,14H,4-7,9H2,1-3H3/t11-,14+/m0/s1. The van der Waals surface area contributed by atoms with Crippen LogP contribution in [0.1, 0.15) is 61.3 Å². The van der Waals surface area contributed by atoms with E-state index < -0.39 is 0 Å². The molecule has 2 aromatic rings. The van der Waals surface area contributed by atoms with Crippen molar-refractivity contribution in [2.75, 3.05) is 19.7 Å². The van der Waals surface area contributed by atoms with Crippen LogP contribution in [0, 0.1) is 0 Å². The minimum absolute atomic E-state index is 0.159. The number of nitrogens with zero attached hydrogens (tertiary/aromatic N) is 5. The van der Waals surface area contributed by atoms with Crippen molar-refractivity contribution in [3.8, 4) is 0 Å². The summed E-state index contributed by atoms with van der Waals surface area (Å²) in [5.74, 6) is 1.14. The van der Waals surface area contributed by atoms with Gasteiger partial charge in [0.1, 0.15) is 12.4 Å². The van der Waals surface area contributed by atoms with E-state index in [0.29, 0.717) is 19.7 Å². The van der Waals surface area contributed by atoms with Crippen molar-refractivity contribution < 1.29 is 14.1 Å². The van der Waals surface area contributed by atoms with E-state index in [1.54, 1.807) is 17.3 Å². The number of carbonyl (C=O) groups excluding carboxylic acids is 1. The minimum atomic E-state index is -0.276. The Morgan fingerprint density at radius 1 is 1.46 bits per heavy atom. The monoisotopic (exact) mass is 333 g/mol. The molecule has 0 aromatic carbocycles. The maximum absolute atomic E-state index is 12.7. The molecule has 0 radical (unpaired) electrons. The second-order valence-corrected chi connectivity index (χ2v) is 6.01. The highest BCUT2D eigenvalue weighted by Crippen LogP contribution is 2.23. The molecule has 2 atom stereocenters. The first-order valence-corrected chi connectivity index (χ1v) is 8.39. The predicted octanol–water partition coefficient (Wildman–Crippen LogP) is 2.01. The van der Waals surface area contributed by atoms with Gasteiger partial charge in [0.25, 0.3) is 5.91 Å². The lowest BCUT2D eigenvalue weighted by molar-refractivity contribution is -0.0294. The third-order valence-electron chi connectivity index (χ3n) is 4.48. The molecule has 1 fully saturated rings. The first-order valence-electron chi connectivity index (χ1n) is 8.39. The Bertz CT molecular complexity index is 695. The molecule has 1 saturated heterocycles. The Morgan fingerprint density at radius 2 is 2.29 bits per heavy atom. The van der Waals surface area contributed by atoms with Crippen LogP contribution in [0.25, 0.3) is 0 Å². The molecular formula is C16H23N5O3. The summed E-state index contributed by atoms with van der Waals surface area (Å²) in [7, 11) is 0. The fraction of sp³-hybridized carbons (Fsp3) is 0.625. The number of amides is 1. The molecule has 2 aromatic heterocycles. The largest absolute Gasteiger partial charge is 0.366 e. The van der Waals surface area contributed by atoms with Gasteiger partial charge in [-0.05, 0) is 13.3 Å². The molecule has 0 aliphatic carbocycles. The summed E-state index contributed by atoms with van der Waals surface area (Å²) in [5.41, 5.74) is 0.816. The van der Waals surface area contributed by atoms with E-state index in [4.69, 9.17) is 9.26 Å². The van der Waals surface area contributed by atoms with Crippen LogP contribution >= 0.6 is 0 Å². The molecule has 24 heavy (non-hydrogen) atoms. The molecule has 8 heteroatoms. The average Bonchev–Trinajstić information content (AvgIpc) is 3.29. The van der Waals surface area contributed by atoms with Gasteiger partial charge < -0.3 is 18.7 Å². The van der Waals surface area contributed by atoms with Gasteiger partial charge in [-0.2, -0.15) is 0 Å². The van der Waals surface area contributed by atoms with Gasteiger partial charge in [-0.1, -0.05) is 19.0 Å². The van der Waals surface area contributed by atoms with E-state index in [1.165, 1.54) is 0 Å². The van der Waals surface area contributed by atoms with E-state index in [-0.39, 0.29) is 23.7 Å². The maximum atomic E-state index is 12.7. The smallest absolute Gasteiger partial charge is 0.292 e. The van der Waals surface area contributed by atoms with Crippen LogP contribution in [0.15, 0.2) is 16.9 Å². The van der Waals surface area contributed by atoms with E-state index >= 15 is 0 Å². The third-order valence-corrected chi connectivity index (χ3v) is 4.48. The number of aryl methyl sites for hydroxylation is 1. The number of rotatable bonds is 5. The number of ether oxygens (including phenoxy) is 1. The molecule has 8 nitrogen and oxygen atoms in total. The lowest BCUT2D eigenvalue weighted by Crippen LogP contribution is -2.42. The van der Waals surface area contributed by atoms with Crippen LogP contribution in [-0.2, 0) is 11.3 Å². The quantitative estimate of drug-likeness (QED) is 0.832. The normalized spacial score (nSPS) is 19.5. The molecule has 0 saturated carbocycles. The van der Waals surface area contributed by atoms with Gasteiger partial charge in [0.05, 0.1) is 18.8 Å². The van der Waals surface area contributed by atoms with Gasteiger partial charge in [0.2, 0.25) is 5.76 Å². The zero-order valence-corrected chi connectivity index (χ0v) is 14.3. The third kappa shape index (κ3) is 3.19. The summed E-state index contributed by atoms with van der Waals surface area (Å²) in [6.07, 6.45) is 2.35. The van der Waals surface area contributed by atoms with Crippen molar-refractivity contribution in [1.29, 1.82) is 0 Å². The molecule has 1 aliphatic rings. The zero-order chi connectivity index (χ0) is 17.1. The van der Waals surface area contributed by atoms with Gasteiger partial charge >= 0.3 is 0 Å². The van der Waals surface area contributed by atoms with Crippen molar-refractivity contribution in [2.45, 2.75) is 45.8 Å². The summed E-state index contributed by atoms with van der Waals surface area (Å²) in [6.45, 7) is 8.33. The molecule has 3 rings (SSSR count). The predicted molar refractivity (Wildman–Crippen MR) is 85.5 cm³/mol. The molecule has 1 amide bonds. The molecule has 0 bridgehead atoms. The lowest BCUT2D eigenvalue weighted by atomic mass is 10.1. The lowest BCUT2D eigenvalue weighted by Gasteiger charge is -2.31. The van der Waals surface area contributed by atoms with Crippen molar-refractivity contribution >= 4 is 5.91 Å². The van der Waals surface area contributed by atoms with Gasteiger partial charge in [0.15, 0.2) is 5.82 Å². The number of hydrogen-bond acceptors (Lipinski definition) is 6. The van der Waals surface area contributed by atoms with Crippen LogP contribution < -0.4 is 0 Å². The highest BCUT2D eigenvalue weighted by molar-refractivity contribution is 5.91. The molecule has 3 heterocycles. The highest BCUT2D eigenvalue weighted by atomic mass is 16.5. The molecular weight excluding hydrogens is 310 g/mol. The van der Waals surface area contributed by atoms with Crippen LogP contribution in [-0.4, -0.2) is 50.4 Å². The van der Waals surface area contributed by atoms with Crippen molar-refractivity contribution in [2.24, 2.45) is 0 Å². The molecule has 0 spiro atoms. The average molecular weight is 333 g/mol. The van der Waals surface area contributed by atoms with Gasteiger partial charge in [-0.3, -0.25) is 4.79 Å². The number of hydrogen-bond donors (Lipinski definition) is 0. The van der Waals surface area contributed by atoms with Crippen LogP contribution in [0.5, 0.6) is 0 Å². The van der Waals surface area contributed by atoms with E-state index in [2.05, 4.69) is 29.2 Å². The summed E-state index contributed by atoms with van der Waals surface area (Å²) in [4.78, 5) is 14.4. The van der Waals surface area contributed by atoms with Gasteiger partial charge in [-0.25, -0.2) is 0 Å². The number of aromatic nitrogens is 4. The van der Waals surface area contributed by atoms with Crippen molar-refractivity contribution in [3.63, 3.8) is 0 Å². The molecule has 1 aliphatic heterocycles. The Labute approximate surface area is 140 Å². The Balaban J connectivity index is 1.72. The maximum Gasteiger partial charge on any atom is 0.292 e. The first kappa shape index (κ1) is 16.6. The van der Waals surface area contributed by atoms with Gasteiger partial charge in [0, 0.05) is 25.1 Å². The molecule has 0 unspecified atom stereocenters. The second-order valence-electron chi connectivity index (χ2n) is 6.01. The fourth-order valence-electron chi connectivity index (χ4n) is 2.73. The number of carbonyl (C=O) groups is 1. The fourth-order valence-corrected chi connectivity index (χ4v) is 2.73. The summed E-state index contributed by atoms with van der Waals surface area (Å²) >= 11 is 0. The first-order chi connectivity index (χ1) is 11.6. The second kappa shape index (κ2) is 7.12. The Kier molecular flexibility index (Phi) is 4.94. The molecule has 0 N–H and O–H groups in total. The van der Waals surface area contributed by atoms with Crippen molar-refractivity contribution in [1.82, 2.24) is 24.8 Å². The van der Waals surface area contributed by atoms with E-state index in [9.17, 15) is 4.79 Å². The summed E-state index contributed by atoms with van der Waals surface area (Å²) in [5, 5.41) is 12.1. The summed E-state index contributed by atoms with van der Waals surface area (Å²) < 4.78 is 13.0.